The van der Waals surface area contributed by atoms with Crippen molar-refractivity contribution in [2.75, 3.05) is 0 Å². The van der Waals surface area contributed by atoms with Gasteiger partial charge in [-0.2, -0.15) is 0 Å². The molecule has 2 amide bonds. The number of carbonyl (C=O) groups excluding carboxylic acids is 2. The number of nitrogens with zero attached hydrogens (tertiary/aromatic N) is 2. The molecule has 0 spiro atoms. The van der Waals surface area contributed by atoms with E-state index < -0.39 is 31.1 Å². The summed E-state index contributed by atoms with van der Waals surface area (Å²) >= 11 is 0. The van der Waals surface area contributed by atoms with E-state index in [0.29, 0.717) is 24.2 Å². The first-order chi connectivity index (χ1) is 16.2. The Kier molecular flexibility index (Phi) is 8.63. The van der Waals surface area contributed by atoms with Crippen LogP contribution in [0, 0.1) is 11.8 Å². The van der Waals surface area contributed by atoms with E-state index in [9.17, 15) is 19.6 Å². The number of rotatable bonds is 10. The van der Waals surface area contributed by atoms with Crippen LogP contribution in [0.1, 0.15) is 57.4 Å². The Bertz CT molecular complexity index is 1040. The lowest BCUT2D eigenvalue weighted by atomic mass is 9.75. The Morgan fingerprint density at radius 1 is 1.09 bits per heavy atom. The second kappa shape index (κ2) is 11.4. The van der Waals surface area contributed by atoms with E-state index in [-0.39, 0.29) is 24.2 Å². The van der Waals surface area contributed by atoms with Crippen molar-refractivity contribution in [1.82, 2.24) is 15.6 Å². The lowest BCUT2D eigenvalue weighted by Gasteiger charge is -2.22. The largest absolute Gasteiger partial charge is 0.475 e. The molecule has 182 valence electrons. The zero-order valence-corrected chi connectivity index (χ0v) is 20.1. The highest BCUT2D eigenvalue weighted by Gasteiger charge is 2.36. The molecule has 0 saturated heterocycles. The first-order valence-electron chi connectivity index (χ1n) is 11.7. The minimum atomic E-state index is -1.67. The summed E-state index contributed by atoms with van der Waals surface area (Å²) < 4.78 is 0. The summed E-state index contributed by atoms with van der Waals surface area (Å²) in [6.45, 7) is 7.93. The molecule has 9 nitrogen and oxygen atoms in total. The second-order valence-corrected chi connectivity index (χ2v) is 9.58. The zero-order chi connectivity index (χ0) is 24.8. The molecule has 3 atom stereocenters. The lowest BCUT2D eigenvalue weighted by Crippen LogP contribution is -2.50. The van der Waals surface area contributed by atoms with E-state index in [2.05, 4.69) is 20.8 Å². The van der Waals surface area contributed by atoms with E-state index in [1.165, 1.54) is 0 Å². The van der Waals surface area contributed by atoms with Crippen LogP contribution in [0.2, 0.25) is 0 Å². The van der Waals surface area contributed by atoms with E-state index in [1.54, 1.807) is 6.20 Å². The third-order valence-corrected chi connectivity index (χ3v) is 5.70. The standard InChI is InChI=1S/C24H33BN4O5/c1-14(2)11-18(27-24(31)22-17-8-6-5-7-16(17)9-10-26-22)19-13-20(34-29-19)23(30)28-21(25(32)33)12-15(3)4/h5-10,14-15,18,20-21,32-33H,11-13H2,1-4H3,(H,27,31)(H,28,30)/t18-,20?,21-/m0/s1. The Morgan fingerprint density at radius 2 is 1.79 bits per heavy atom. The predicted octanol–water partition coefficient (Wildman–Crippen LogP) is 2.07. The van der Waals surface area contributed by atoms with E-state index in [0.717, 1.165) is 10.8 Å². The van der Waals surface area contributed by atoms with Gasteiger partial charge in [-0.25, -0.2) is 0 Å². The van der Waals surface area contributed by atoms with Crippen LogP contribution in [0.3, 0.4) is 0 Å². The van der Waals surface area contributed by atoms with Gasteiger partial charge in [0.15, 0.2) is 0 Å². The summed E-state index contributed by atoms with van der Waals surface area (Å²) in [5.41, 5.74) is 0.890. The van der Waals surface area contributed by atoms with Crippen molar-refractivity contribution in [3.8, 4) is 0 Å². The van der Waals surface area contributed by atoms with Gasteiger partial charge in [-0.1, -0.05) is 57.1 Å². The summed E-state index contributed by atoms with van der Waals surface area (Å²) in [7, 11) is -1.67. The molecule has 2 aromatic rings. The van der Waals surface area contributed by atoms with Crippen molar-refractivity contribution in [1.29, 1.82) is 0 Å². The van der Waals surface area contributed by atoms with E-state index in [1.807, 2.05) is 58.0 Å². The van der Waals surface area contributed by atoms with Gasteiger partial charge in [-0.05, 0) is 36.1 Å². The number of aromatic nitrogens is 1. The number of pyridine rings is 1. The molecular formula is C24H33BN4O5. The number of fused-ring (bicyclic) bond motifs is 1. The highest BCUT2D eigenvalue weighted by Crippen LogP contribution is 2.20. The molecular weight excluding hydrogens is 435 g/mol. The number of hydrogen-bond acceptors (Lipinski definition) is 7. The molecule has 3 rings (SSSR count). The summed E-state index contributed by atoms with van der Waals surface area (Å²) in [5, 5.41) is 30.6. The second-order valence-electron chi connectivity index (χ2n) is 9.58. The number of carbonyl (C=O) groups is 2. The van der Waals surface area contributed by atoms with Gasteiger partial charge < -0.3 is 25.5 Å². The normalized spacial score (nSPS) is 17.3. The summed E-state index contributed by atoms with van der Waals surface area (Å²) in [5.74, 6) is -1.18. The van der Waals surface area contributed by atoms with Gasteiger partial charge in [0.2, 0.25) is 6.10 Å². The molecule has 4 N–H and O–H groups in total. The molecule has 2 heterocycles. The third-order valence-electron chi connectivity index (χ3n) is 5.70. The van der Waals surface area contributed by atoms with Crippen molar-refractivity contribution < 1.29 is 24.5 Å². The van der Waals surface area contributed by atoms with Crippen LogP contribution in [-0.4, -0.2) is 57.8 Å². The maximum absolute atomic E-state index is 13.1. The molecule has 1 aliphatic rings. The molecule has 0 fully saturated rings. The van der Waals surface area contributed by atoms with Crippen LogP contribution in [0.25, 0.3) is 10.8 Å². The van der Waals surface area contributed by atoms with Gasteiger partial charge in [-0.3, -0.25) is 14.6 Å². The highest BCUT2D eigenvalue weighted by atomic mass is 16.6. The number of nitrogens with one attached hydrogen (secondary N) is 2. The number of oxime groups is 1. The molecule has 1 aromatic heterocycles. The van der Waals surface area contributed by atoms with E-state index in [4.69, 9.17) is 4.84 Å². The number of benzene rings is 1. The minimum Gasteiger partial charge on any atom is -0.426 e. The first-order valence-corrected chi connectivity index (χ1v) is 11.7. The maximum Gasteiger partial charge on any atom is 0.475 e. The summed E-state index contributed by atoms with van der Waals surface area (Å²) in [4.78, 5) is 35.5. The fraction of sp³-hybridized carbons (Fsp3) is 0.500. The van der Waals surface area contributed by atoms with Gasteiger partial charge in [0, 0.05) is 18.0 Å². The van der Waals surface area contributed by atoms with Crippen LogP contribution in [0.15, 0.2) is 41.7 Å². The molecule has 0 radical (unpaired) electrons. The van der Waals surface area contributed by atoms with Crippen molar-refractivity contribution in [2.45, 2.75) is 65.0 Å². The highest BCUT2D eigenvalue weighted by molar-refractivity contribution is 6.43. The van der Waals surface area contributed by atoms with Crippen LogP contribution in [0.5, 0.6) is 0 Å². The maximum atomic E-state index is 13.1. The molecule has 10 heteroatoms. The fourth-order valence-corrected chi connectivity index (χ4v) is 4.06. The van der Waals surface area contributed by atoms with Crippen molar-refractivity contribution >= 4 is 35.4 Å². The first kappa shape index (κ1) is 25.6. The Labute approximate surface area is 200 Å². The van der Waals surface area contributed by atoms with Crippen LogP contribution < -0.4 is 10.6 Å². The molecule has 0 bridgehead atoms. The smallest absolute Gasteiger partial charge is 0.426 e. The van der Waals surface area contributed by atoms with Crippen molar-refractivity contribution in [2.24, 2.45) is 17.0 Å². The molecule has 1 aromatic carbocycles. The van der Waals surface area contributed by atoms with E-state index >= 15 is 0 Å². The monoisotopic (exact) mass is 468 g/mol. The number of amides is 2. The third kappa shape index (κ3) is 6.54. The topological polar surface area (TPSA) is 133 Å². The molecule has 0 aliphatic carbocycles. The van der Waals surface area contributed by atoms with Gasteiger partial charge in [0.25, 0.3) is 11.8 Å². The predicted molar refractivity (Wildman–Crippen MR) is 131 cm³/mol. The number of hydrogen-bond donors (Lipinski definition) is 4. The van der Waals surface area contributed by atoms with Crippen molar-refractivity contribution in [3.63, 3.8) is 0 Å². The molecule has 0 saturated carbocycles. The Balaban J connectivity index is 1.70. The Morgan fingerprint density at radius 3 is 2.47 bits per heavy atom. The van der Waals surface area contributed by atoms with Crippen LogP contribution in [0.4, 0.5) is 0 Å². The quantitative estimate of drug-likeness (QED) is 0.395. The molecule has 34 heavy (non-hydrogen) atoms. The zero-order valence-electron chi connectivity index (χ0n) is 20.1. The van der Waals surface area contributed by atoms with Gasteiger partial charge in [-0.15, -0.1) is 0 Å². The van der Waals surface area contributed by atoms with Crippen molar-refractivity contribution in [3.05, 3.63) is 42.2 Å². The fourth-order valence-electron chi connectivity index (χ4n) is 4.06. The molecule has 1 unspecified atom stereocenters. The van der Waals surface area contributed by atoms with Gasteiger partial charge in [0.05, 0.1) is 17.7 Å². The molecule has 1 aliphatic heterocycles. The Hall–Kier alpha value is -2.98. The van der Waals surface area contributed by atoms with Crippen LogP contribution in [-0.2, 0) is 9.63 Å². The summed E-state index contributed by atoms with van der Waals surface area (Å²) in [6.07, 6.45) is 1.92. The average molecular weight is 468 g/mol. The average Bonchev–Trinajstić information content (AvgIpc) is 3.27. The van der Waals surface area contributed by atoms with Gasteiger partial charge >= 0.3 is 7.12 Å². The SMILES string of the molecule is CC(C)C[C@H](NC(=O)C1CC([C@H](CC(C)C)NC(=O)c2nccc3ccccc23)=NO1)B(O)O. The minimum absolute atomic E-state index is 0.164. The summed E-state index contributed by atoms with van der Waals surface area (Å²) in [6, 6.07) is 8.97. The lowest BCUT2D eigenvalue weighted by molar-refractivity contribution is -0.131. The van der Waals surface area contributed by atoms with Gasteiger partial charge in [0.1, 0.15) is 5.69 Å². The van der Waals surface area contributed by atoms with Crippen LogP contribution >= 0.6 is 0 Å².